The maximum absolute atomic E-state index is 12.3. The molecule has 17 heavy (non-hydrogen) atoms. The number of nitrogens with zero attached hydrogens (tertiary/aromatic N) is 1. The number of hydrogen-bond acceptors (Lipinski definition) is 3. The molecule has 3 nitrogen and oxygen atoms in total. The van der Waals surface area contributed by atoms with Gasteiger partial charge in [-0.05, 0) is 25.5 Å². The van der Waals surface area contributed by atoms with Crippen LogP contribution in [0.15, 0.2) is 18.3 Å². The third-order valence-corrected chi connectivity index (χ3v) is 2.66. The molecule has 0 unspecified atom stereocenters. The fraction of sp³-hybridized carbons (Fsp3) is 0.545. The second-order valence-corrected chi connectivity index (χ2v) is 3.99. The molecule has 0 amide bonds. The molecule has 1 aliphatic heterocycles. The van der Waals surface area contributed by atoms with Crippen LogP contribution < -0.4 is 10.1 Å². The molecule has 2 heterocycles. The average molecular weight is 246 g/mol. The van der Waals surface area contributed by atoms with Crippen molar-refractivity contribution < 1.29 is 17.9 Å². The highest BCUT2D eigenvalue weighted by molar-refractivity contribution is 5.20. The normalized spacial score (nSPS) is 20.5. The summed E-state index contributed by atoms with van der Waals surface area (Å²) in [5.74, 6) is 0.228. The van der Waals surface area contributed by atoms with Crippen LogP contribution in [0, 0.1) is 0 Å². The van der Waals surface area contributed by atoms with Gasteiger partial charge in [-0.3, -0.25) is 0 Å². The van der Waals surface area contributed by atoms with Crippen LogP contribution in [0.2, 0.25) is 0 Å². The minimum atomic E-state index is -4.35. The Hall–Kier alpha value is -1.30. The van der Waals surface area contributed by atoms with E-state index < -0.39 is 11.7 Å². The molecule has 1 aliphatic rings. The van der Waals surface area contributed by atoms with E-state index in [0.29, 0.717) is 6.61 Å². The quantitative estimate of drug-likeness (QED) is 0.888. The van der Waals surface area contributed by atoms with Crippen LogP contribution in [-0.2, 0) is 6.18 Å². The molecule has 0 spiro atoms. The highest BCUT2D eigenvalue weighted by Gasteiger charge is 2.30. The van der Waals surface area contributed by atoms with E-state index in [9.17, 15) is 13.2 Å². The lowest BCUT2D eigenvalue weighted by Gasteiger charge is -2.12. The van der Waals surface area contributed by atoms with Crippen molar-refractivity contribution in [3.05, 3.63) is 23.9 Å². The van der Waals surface area contributed by atoms with Gasteiger partial charge in [0, 0.05) is 18.3 Å². The van der Waals surface area contributed by atoms with Gasteiger partial charge in [-0.1, -0.05) is 0 Å². The molecule has 2 rings (SSSR count). The van der Waals surface area contributed by atoms with Crippen molar-refractivity contribution in [1.82, 2.24) is 10.3 Å². The fourth-order valence-corrected chi connectivity index (χ4v) is 1.72. The molecule has 1 aromatic rings. The zero-order valence-electron chi connectivity index (χ0n) is 9.13. The monoisotopic (exact) mass is 246 g/mol. The van der Waals surface area contributed by atoms with Crippen LogP contribution in [0.4, 0.5) is 13.2 Å². The van der Waals surface area contributed by atoms with Gasteiger partial charge in [0.05, 0.1) is 5.56 Å². The van der Waals surface area contributed by atoms with Gasteiger partial charge in [-0.15, -0.1) is 0 Å². The molecular weight excluding hydrogens is 233 g/mol. The number of aromatic nitrogens is 1. The van der Waals surface area contributed by atoms with E-state index in [1.165, 1.54) is 6.07 Å². The van der Waals surface area contributed by atoms with E-state index in [0.717, 1.165) is 31.6 Å². The molecule has 1 atom stereocenters. The van der Waals surface area contributed by atoms with E-state index in [1.54, 1.807) is 0 Å². The summed E-state index contributed by atoms with van der Waals surface area (Å²) in [4.78, 5) is 3.64. The second-order valence-electron chi connectivity index (χ2n) is 3.99. The van der Waals surface area contributed by atoms with Gasteiger partial charge >= 0.3 is 6.18 Å². The standard InChI is InChI=1S/C11H13F3N2O/c12-11(13,14)8-3-4-10(16-6-8)17-7-9-2-1-5-15-9/h3-4,6,9,15H,1-2,5,7H2/t9-/m0/s1. The lowest BCUT2D eigenvalue weighted by molar-refractivity contribution is -0.137. The number of ether oxygens (including phenoxy) is 1. The molecule has 1 saturated heterocycles. The summed E-state index contributed by atoms with van der Waals surface area (Å²) in [5, 5.41) is 3.23. The third kappa shape index (κ3) is 3.33. The maximum Gasteiger partial charge on any atom is 0.417 e. The zero-order valence-corrected chi connectivity index (χ0v) is 9.13. The molecule has 0 aliphatic carbocycles. The first-order chi connectivity index (χ1) is 8.05. The van der Waals surface area contributed by atoms with E-state index in [-0.39, 0.29) is 11.9 Å². The summed E-state index contributed by atoms with van der Waals surface area (Å²) in [6, 6.07) is 2.50. The van der Waals surface area contributed by atoms with Gasteiger partial charge in [0.1, 0.15) is 6.61 Å². The van der Waals surface area contributed by atoms with Gasteiger partial charge < -0.3 is 10.1 Å². The van der Waals surface area contributed by atoms with Gasteiger partial charge in [0.15, 0.2) is 0 Å². The van der Waals surface area contributed by atoms with Crippen molar-refractivity contribution in [2.45, 2.75) is 25.1 Å². The van der Waals surface area contributed by atoms with E-state index in [4.69, 9.17) is 4.74 Å². The van der Waals surface area contributed by atoms with Gasteiger partial charge in [-0.25, -0.2) is 4.98 Å². The number of alkyl halides is 3. The first kappa shape index (κ1) is 12.2. The summed E-state index contributed by atoms with van der Waals surface area (Å²) in [6.45, 7) is 1.41. The third-order valence-electron chi connectivity index (χ3n) is 2.66. The summed E-state index contributed by atoms with van der Waals surface area (Å²) in [7, 11) is 0. The molecule has 1 aromatic heterocycles. The SMILES string of the molecule is FC(F)(F)c1ccc(OC[C@@H]2CCCN2)nc1. The van der Waals surface area contributed by atoms with Crippen LogP contribution in [0.5, 0.6) is 5.88 Å². The second kappa shape index (κ2) is 4.91. The summed E-state index contributed by atoms with van der Waals surface area (Å²) in [6.07, 6.45) is -1.43. The molecule has 1 N–H and O–H groups in total. The zero-order chi connectivity index (χ0) is 12.3. The predicted octanol–water partition coefficient (Wildman–Crippen LogP) is 2.23. The van der Waals surface area contributed by atoms with Crippen molar-refractivity contribution in [3.8, 4) is 5.88 Å². The molecule has 0 saturated carbocycles. The number of rotatable bonds is 3. The molecule has 94 valence electrons. The van der Waals surface area contributed by atoms with E-state index >= 15 is 0 Å². The van der Waals surface area contributed by atoms with Gasteiger partial charge in [-0.2, -0.15) is 13.2 Å². The van der Waals surface area contributed by atoms with Gasteiger partial charge in [0.25, 0.3) is 0 Å². The number of pyridine rings is 1. The molecule has 6 heteroatoms. The largest absolute Gasteiger partial charge is 0.476 e. The Bertz CT molecular complexity index is 358. The number of hydrogen-bond donors (Lipinski definition) is 1. The smallest absolute Gasteiger partial charge is 0.417 e. The van der Waals surface area contributed by atoms with Crippen LogP contribution in [0.25, 0.3) is 0 Å². The van der Waals surface area contributed by atoms with Crippen LogP contribution in [0.1, 0.15) is 18.4 Å². The number of halogens is 3. The summed E-state index contributed by atoms with van der Waals surface area (Å²) >= 11 is 0. The number of nitrogens with one attached hydrogen (secondary N) is 1. The highest BCUT2D eigenvalue weighted by atomic mass is 19.4. The van der Waals surface area contributed by atoms with Crippen molar-refractivity contribution in [3.63, 3.8) is 0 Å². The van der Waals surface area contributed by atoms with Crippen LogP contribution in [0.3, 0.4) is 0 Å². The minimum Gasteiger partial charge on any atom is -0.476 e. The first-order valence-corrected chi connectivity index (χ1v) is 5.45. The molecule has 0 radical (unpaired) electrons. The van der Waals surface area contributed by atoms with E-state index in [1.807, 2.05) is 0 Å². The Labute approximate surface area is 97.0 Å². The molecular formula is C11H13F3N2O. The lowest BCUT2D eigenvalue weighted by Crippen LogP contribution is -2.28. The maximum atomic E-state index is 12.3. The Morgan fingerprint density at radius 1 is 1.41 bits per heavy atom. The molecule has 0 aromatic carbocycles. The Kier molecular flexibility index (Phi) is 3.51. The van der Waals surface area contributed by atoms with E-state index in [2.05, 4.69) is 10.3 Å². The van der Waals surface area contributed by atoms with Crippen molar-refractivity contribution in [1.29, 1.82) is 0 Å². The van der Waals surface area contributed by atoms with Crippen molar-refractivity contribution in [2.75, 3.05) is 13.2 Å². The predicted molar refractivity (Wildman–Crippen MR) is 55.8 cm³/mol. The topological polar surface area (TPSA) is 34.1 Å². The molecule has 0 bridgehead atoms. The lowest BCUT2D eigenvalue weighted by atomic mass is 10.2. The summed E-state index contributed by atoms with van der Waals surface area (Å²) < 4.78 is 42.1. The van der Waals surface area contributed by atoms with Crippen molar-refractivity contribution in [2.24, 2.45) is 0 Å². The van der Waals surface area contributed by atoms with Crippen LogP contribution >= 0.6 is 0 Å². The average Bonchev–Trinajstić information content (AvgIpc) is 2.78. The Morgan fingerprint density at radius 3 is 2.76 bits per heavy atom. The molecule has 1 fully saturated rings. The van der Waals surface area contributed by atoms with Crippen molar-refractivity contribution >= 4 is 0 Å². The first-order valence-electron chi connectivity index (χ1n) is 5.45. The Morgan fingerprint density at radius 2 is 2.24 bits per heavy atom. The fourth-order valence-electron chi connectivity index (χ4n) is 1.72. The summed E-state index contributed by atoms with van der Waals surface area (Å²) in [5.41, 5.74) is -0.760. The Balaban J connectivity index is 1.89. The highest BCUT2D eigenvalue weighted by Crippen LogP contribution is 2.29. The van der Waals surface area contributed by atoms with Gasteiger partial charge in [0.2, 0.25) is 5.88 Å². The minimum absolute atomic E-state index is 0.228. The van der Waals surface area contributed by atoms with Crippen LogP contribution in [-0.4, -0.2) is 24.2 Å².